The summed E-state index contributed by atoms with van der Waals surface area (Å²) in [7, 11) is -2.56. The van der Waals surface area contributed by atoms with Crippen LogP contribution in [0.2, 0.25) is 0 Å². The lowest BCUT2D eigenvalue weighted by Crippen LogP contribution is -2.35. The molecule has 2 aliphatic rings. The van der Waals surface area contributed by atoms with Crippen molar-refractivity contribution in [2.24, 2.45) is 0 Å². The van der Waals surface area contributed by atoms with Crippen molar-refractivity contribution in [2.45, 2.75) is 50.3 Å². The summed E-state index contributed by atoms with van der Waals surface area (Å²) >= 11 is 0. The second-order valence-corrected chi connectivity index (χ2v) is 10.1. The number of hydrogen-bond acceptors (Lipinski definition) is 7. The van der Waals surface area contributed by atoms with Gasteiger partial charge < -0.3 is 15.7 Å². The van der Waals surface area contributed by atoms with Gasteiger partial charge in [0.25, 0.3) is 5.91 Å². The molecule has 8 nitrogen and oxygen atoms in total. The number of anilines is 1. The fourth-order valence-electron chi connectivity index (χ4n) is 3.91. The van der Waals surface area contributed by atoms with Crippen molar-refractivity contribution in [1.29, 1.82) is 0 Å². The van der Waals surface area contributed by atoms with Gasteiger partial charge in [-0.15, -0.1) is 0 Å². The van der Waals surface area contributed by atoms with Gasteiger partial charge in [-0.25, -0.2) is 9.97 Å². The molecule has 1 saturated carbocycles. The van der Waals surface area contributed by atoms with Gasteiger partial charge in [-0.1, -0.05) is 12.1 Å². The number of nitrogens with one attached hydrogen (secondary N) is 2. The first-order valence-corrected chi connectivity index (χ1v) is 11.5. The van der Waals surface area contributed by atoms with Crippen molar-refractivity contribution in [3.63, 3.8) is 0 Å². The van der Waals surface area contributed by atoms with Gasteiger partial charge in [0.15, 0.2) is 0 Å². The van der Waals surface area contributed by atoms with E-state index >= 15 is 0 Å². The number of aromatic nitrogens is 2. The molecule has 1 aromatic carbocycles. The first kappa shape index (κ1) is 19.4. The first-order chi connectivity index (χ1) is 13.4. The predicted molar refractivity (Wildman–Crippen MR) is 110 cm³/mol. The molecule has 1 saturated heterocycles. The third-order valence-corrected chi connectivity index (χ3v) is 7.31. The zero-order valence-electron chi connectivity index (χ0n) is 15.5. The second-order valence-electron chi connectivity index (χ2n) is 7.72. The van der Waals surface area contributed by atoms with E-state index in [1.807, 2.05) is 6.07 Å². The molecule has 0 bridgehead atoms. The maximum atomic E-state index is 12.8. The van der Waals surface area contributed by atoms with Crippen molar-refractivity contribution < 1.29 is 19.0 Å². The van der Waals surface area contributed by atoms with Crippen LogP contribution in [-0.4, -0.2) is 59.8 Å². The molecule has 2 fully saturated rings. The van der Waals surface area contributed by atoms with Crippen LogP contribution in [0.3, 0.4) is 0 Å². The standard InChI is InChI=1S/C19H26N4O4S/c24-15-6-4-13(5-7-15)22-19-20-10-12-2-1-3-16(17(12)23-19)18(25)21-14-8-9-28(26,27)11-14/h1-3,10,13-15,24,26-27H,4-9,11H2,(H,21,25)(H,20,22,23). The number of aliphatic hydroxyl groups is 1. The Hall–Kier alpha value is -1.94. The lowest BCUT2D eigenvalue weighted by molar-refractivity contribution is 0.0942. The molecule has 2 heterocycles. The van der Waals surface area contributed by atoms with E-state index in [4.69, 9.17) is 0 Å². The highest BCUT2D eigenvalue weighted by Gasteiger charge is 2.30. The van der Waals surface area contributed by atoms with E-state index in [-0.39, 0.29) is 29.8 Å². The number of aliphatic hydroxyl groups excluding tert-OH is 1. The Morgan fingerprint density at radius 1 is 1.11 bits per heavy atom. The molecule has 1 amide bonds. The monoisotopic (exact) mass is 406 g/mol. The molecule has 4 rings (SSSR count). The fraction of sp³-hybridized carbons (Fsp3) is 0.526. The van der Waals surface area contributed by atoms with Gasteiger partial charge in [-0.3, -0.25) is 13.9 Å². The van der Waals surface area contributed by atoms with Crippen molar-refractivity contribution in [2.75, 3.05) is 16.8 Å². The summed E-state index contributed by atoms with van der Waals surface area (Å²) in [5.74, 6) is 0.751. The van der Waals surface area contributed by atoms with Crippen LogP contribution in [0.5, 0.6) is 0 Å². The van der Waals surface area contributed by atoms with E-state index in [2.05, 4.69) is 20.6 Å². The molecule has 1 aromatic heterocycles. The first-order valence-electron chi connectivity index (χ1n) is 9.64. The number of amides is 1. The normalized spacial score (nSPS) is 28.0. The van der Waals surface area contributed by atoms with Crippen molar-refractivity contribution in [3.05, 3.63) is 30.0 Å². The smallest absolute Gasteiger partial charge is 0.253 e. The average Bonchev–Trinajstić information content (AvgIpc) is 3.01. The minimum Gasteiger partial charge on any atom is -0.393 e. The molecular weight excluding hydrogens is 380 g/mol. The summed E-state index contributed by atoms with van der Waals surface area (Å²) in [6.07, 6.45) is 5.29. The number of benzene rings is 1. The summed E-state index contributed by atoms with van der Waals surface area (Å²) < 4.78 is 19.5. The Morgan fingerprint density at radius 2 is 1.89 bits per heavy atom. The lowest BCUT2D eigenvalue weighted by atomic mass is 9.93. The number of carbonyl (C=O) groups excluding carboxylic acids is 1. The Balaban J connectivity index is 1.52. The fourth-order valence-corrected chi connectivity index (χ4v) is 5.63. The third kappa shape index (κ3) is 4.38. The van der Waals surface area contributed by atoms with E-state index in [9.17, 15) is 19.0 Å². The summed E-state index contributed by atoms with van der Waals surface area (Å²) in [6.45, 7) is 0. The largest absolute Gasteiger partial charge is 0.393 e. The highest BCUT2D eigenvalue weighted by molar-refractivity contribution is 8.24. The van der Waals surface area contributed by atoms with Crippen LogP contribution in [0.15, 0.2) is 24.4 Å². The van der Waals surface area contributed by atoms with Gasteiger partial charge in [0.1, 0.15) is 0 Å². The van der Waals surface area contributed by atoms with Gasteiger partial charge in [0.05, 0.1) is 22.9 Å². The van der Waals surface area contributed by atoms with Crippen LogP contribution in [-0.2, 0) is 0 Å². The van der Waals surface area contributed by atoms with E-state index < -0.39 is 10.6 Å². The minimum atomic E-state index is -2.56. The quantitative estimate of drug-likeness (QED) is 0.528. The van der Waals surface area contributed by atoms with Crippen molar-refractivity contribution in [1.82, 2.24) is 15.3 Å². The highest BCUT2D eigenvalue weighted by Crippen LogP contribution is 2.45. The molecule has 152 valence electrons. The second kappa shape index (κ2) is 7.82. The molecule has 28 heavy (non-hydrogen) atoms. The molecule has 1 atom stereocenters. The minimum absolute atomic E-state index is 0.207. The number of hydrogen-bond donors (Lipinski definition) is 5. The van der Waals surface area contributed by atoms with Crippen LogP contribution >= 0.6 is 10.6 Å². The summed E-state index contributed by atoms with van der Waals surface area (Å²) in [5.41, 5.74) is 1.02. The molecule has 0 spiro atoms. The topological polar surface area (TPSA) is 128 Å². The number of nitrogens with zero attached hydrogens (tertiary/aromatic N) is 2. The Labute approximate surface area is 165 Å². The number of rotatable bonds is 4. The molecule has 1 aliphatic carbocycles. The molecule has 2 aromatic rings. The van der Waals surface area contributed by atoms with Crippen LogP contribution in [0.1, 0.15) is 42.5 Å². The zero-order valence-corrected chi connectivity index (χ0v) is 16.4. The molecule has 0 radical (unpaired) electrons. The van der Waals surface area contributed by atoms with Gasteiger partial charge >= 0.3 is 0 Å². The van der Waals surface area contributed by atoms with E-state index in [0.717, 1.165) is 31.1 Å². The van der Waals surface area contributed by atoms with Crippen LogP contribution in [0.4, 0.5) is 5.95 Å². The van der Waals surface area contributed by atoms with Gasteiger partial charge in [0, 0.05) is 29.4 Å². The number of fused-ring (bicyclic) bond motifs is 1. The van der Waals surface area contributed by atoms with Gasteiger partial charge in [-0.05, 0) is 38.2 Å². The van der Waals surface area contributed by atoms with Crippen molar-refractivity contribution >= 4 is 33.3 Å². The van der Waals surface area contributed by atoms with E-state index in [1.165, 1.54) is 0 Å². The Morgan fingerprint density at radius 3 is 2.61 bits per heavy atom. The summed E-state index contributed by atoms with van der Waals surface area (Å²) in [5, 5.41) is 16.6. The van der Waals surface area contributed by atoms with Crippen LogP contribution in [0, 0.1) is 0 Å². The molecule has 1 unspecified atom stereocenters. The number of carbonyl (C=O) groups is 1. The van der Waals surface area contributed by atoms with Gasteiger partial charge in [-0.2, -0.15) is 10.6 Å². The zero-order chi connectivity index (χ0) is 19.7. The van der Waals surface area contributed by atoms with Crippen LogP contribution in [0.25, 0.3) is 10.9 Å². The molecular formula is C19H26N4O4S. The Kier molecular flexibility index (Phi) is 5.42. The van der Waals surface area contributed by atoms with Gasteiger partial charge in [0.2, 0.25) is 5.95 Å². The molecule has 9 heteroatoms. The average molecular weight is 407 g/mol. The summed E-state index contributed by atoms with van der Waals surface area (Å²) in [4.78, 5) is 21.7. The SMILES string of the molecule is O=C(NC1CCS(O)(O)C1)c1cccc2cnc(NC3CCC(O)CC3)nc12. The predicted octanol–water partition coefficient (Wildman–Crippen LogP) is 2.60. The molecule has 1 aliphatic heterocycles. The molecule has 5 N–H and O–H groups in total. The lowest BCUT2D eigenvalue weighted by Gasteiger charge is -2.26. The highest BCUT2D eigenvalue weighted by atomic mass is 32.3. The maximum absolute atomic E-state index is 12.8. The van der Waals surface area contributed by atoms with Crippen LogP contribution < -0.4 is 10.6 Å². The Bertz CT molecular complexity index is 870. The third-order valence-electron chi connectivity index (χ3n) is 5.48. The van der Waals surface area contributed by atoms with Crippen molar-refractivity contribution in [3.8, 4) is 0 Å². The van der Waals surface area contributed by atoms with E-state index in [0.29, 0.717) is 29.2 Å². The number of para-hydroxylation sites is 1. The van der Waals surface area contributed by atoms with E-state index in [1.54, 1.807) is 18.3 Å². The summed E-state index contributed by atoms with van der Waals surface area (Å²) in [6, 6.07) is 5.35. The maximum Gasteiger partial charge on any atom is 0.253 e.